The highest BCUT2D eigenvalue weighted by molar-refractivity contribution is 5.13. The fourth-order valence-electron chi connectivity index (χ4n) is 1.44. The lowest BCUT2D eigenvalue weighted by Gasteiger charge is -2.25. The van der Waals surface area contributed by atoms with E-state index >= 15 is 0 Å². The predicted molar refractivity (Wildman–Crippen MR) is 43.5 cm³/mol. The lowest BCUT2D eigenvalue weighted by atomic mass is 9.94. The molecule has 1 aliphatic rings. The Labute approximate surface area is 72.1 Å². The molecule has 4 nitrogen and oxygen atoms in total. The molecule has 0 aromatic heterocycles. The Kier molecular flexibility index (Phi) is 3.04. The van der Waals surface area contributed by atoms with Gasteiger partial charge >= 0.3 is 0 Å². The van der Waals surface area contributed by atoms with Crippen molar-refractivity contribution in [1.82, 2.24) is 5.32 Å². The molecule has 1 heterocycles. The van der Waals surface area contributed by atoms with E-state index in [-0.39, 0.29) is 12.7 Å². The van der Waals surface area contributed by atoms with E-state index in [9.17, 15) is 0 Å². The highest BCUT2D eigenvalue weighted by Gasteiger charge is 2.41. The first-order valence-corrected chi connectivity index (χ1v) is 4.14. The topological polar surface area (TPSA) is 65.3 Å². The largest absolute Gasteiger partial charge is 0.395 e. The van der Waals surface area contributed by atoms with E-state index in [1.165, 1.54) is 0 Å². The van der Waals surface area contributed by atoms with Crippen molar-refractivity contribution < 1.29 is 9.84 Å². The quantitative estimate of drug-likeness (QED) is 0.607. The van der Waals surface area contributed by atoms with Crippen LogP contribution in [0.15, 0.2) is 0 Å². The number of aliphatic hydroxyl groups is 1. The highest BCUT2D eigenvalue weighted by Crippen LogP contribution is 2.24. The minimum atomic E-state index is -0.581. The maximum atomic E-state index is 8.94. The van der Waals surface area contributed by atoms with Crippen LogP contribution in [0.25, 0.3) is 0 Å². The summed E-state index contributed by atoms with van der Waals surface area (Å²) >= 11 is 0. The maximum Gasteiger partial charge on any atom is 0.135 e. The number of nitriles is 1. The number of rotatable bonds is 3. The number of aliphatic hydroxyl groups excluding tert-OH is 1. The molecular weight excluding hydrogens is 156 g/mol. The number of nitrogens with zero attached hydrogens (tertiary/aromatic N) is 1. The van der Waals surface area contributed by atoms with Gasteiger partial charge in [0.05, 0.1) is 18.8 Å². The van der Waals surface area contributed by atoms with Crippen LogP contribution in [0.5, 0.6) is 0 Å². The van der Waals surface area contributed by atoms with E-state index in [2.05, 4.69) is 11.4 Å². The van der Waals surface area contributed by atoms with Gasteiger partial charge in [0, 0.05) is 19.6 Å². The van der Waals surface area contributed by atoms with Crippen LogP contribution >= 0.6 is 0 Å². The number of ether oxygens (including phenoxy) is 1. The zero-order valence-electron chi connectivity index (χ0n) is 7.21. The van der Waals surface area contributed by atoms with Gasteiger partial charge in [0.25, 0.3) is 0 Å². The van der Waals surface area contributed by atoms with Gasteiger partial charge in [0.1, 0.15) is 5.54 Å². The molecule has 1 fully saturated rings. The zero-order chi connectivity index (χ0) is 9.03. The third-order valence-corrected chi connectivity index (χ3v) is 2.31. The van der Waals surface area contributed by atoms with Crippen LogP contribution in [0.3, 0.4) is 0 Å². The average molecular weight is 170 g/mol. The third kappa shape index (κ3) is 1.58. The van der Waals surface area contributed by atoms with Crippen LogP contribution in [-0.2, 0) is 4.74 Å². The summed E-state index contributed by atoms with van der Waals surface area (Å²) in [6, 6.07) is 2.21. The van der Waals surface area contributed by atoms with Gasteiger partial charge in [-0.1, -0.05) is 0 Å². The van der Waals surface area contributed by atoms with Gasteiger partial charge in [0.2, 0.25) is 0 Å². The van der Waals surface area contributed by atoms with Gasteiger partial charge in [-0.3, -0.25) is 5.32 Å². The van der Waals surface area contributed by atoms with Gasteiger partial charge in [-0.2, -0.15) is 5.26 Å². The van der Waals surface area contributed by atoms with Crippen molar-refractivity contribution in [1.29, 1.82) is 5.26 Å². The van der Waals surface area contributed by atoms with E-state index in [1.807, 2.05) is 6.92 Å². The monoisotopic (exact) mass is 170 g/mol. The van der Waals surface area contributed by atoms with E-state index in [4.69, 9.17) is 15.1 Å². The van der Waals surface area contributed by atoms with Crippen LogP contribution in [-0.4, -0.2) is 36.5 Å². The molecule has 0 aromatic carbocycles. The first kappa shape index (κ1) is 9.46. The molecule has 0 aliphatic carbocycles. The number of nitrogens with one attached hydrogen (secondary N) is 1. The van der Waals surface area contributed by atoms with Crippen molar-refractivity contribution in [3.63, 3.8) is 0 Å². The highest BCUT2D eigenvalue weighted by atomic mass is 16.5. The van der Waals surface area contributed by atoms with Gasteiger partial charge in [-0.25, -0.2) is 0 Å². The normalized spacial score (nSPS) is 34.9. The van der Waals surface area contributed by atoms with Crippen LogP contribution < -0.4 is 5.32 Å². The van der Waals surface area contributed by atoms with Crippen LogP contribution in [0, 0.1) is 11.3 Å². The second-order valence-corrected chi connectivity index (χ2v) is 3.00. The SMILES string of the molecule is CC1OCCC1(C#N)NCCO. The lowest BCUT2D eigenvalue weighted by Crippen LogP contribution is -2.50. The molecule has 2 N–H and O–H groups in total. The van der Waals surface area contributed by atoms with Crippen molar-refractivity contribution >= 4 is 0 Å². The van der Waals surface area contributed by atoms with Crippen LogP contribution in [0.4, 0.5) is 0 Å². The predicted octanol–water partition coefficient (Wildman–Crippen LogP) is -0.361. The Hall–Kier alpha value is -0.630. The van der Waals surface area contributed by atoms with Gasteiger partial charge in [-0.15, -0.1) is 0 Å². The summed E-state index contributed by atoms with van der Waals surface area (Å²) in [6.45, 7) is 2.99. The number of hydrogen-bond donors (Lipinski definition) is 2. The molecule has 2 unspecified atom stereocenters. The van der Waals surface area contributed by atoms with Gasteiger partial charge in [-0.05, 0) is 6.92 Å². The standard InChI is InChI=1S/C8H14N2O2/c1-7-8(6-9,2-5-12-7)10-3-4-11/h7,10-11H,2-5H2,1H3. The smallest absolute Gasteiger partial charge is 0.135 e. The molecule has 12 heavy (non-hydrogen) atoms. The number of β-amino-alcohol motifs (C(OH)–C–C–N with tert-alkyl or cyclic N) is 1. The summed E-state index contributed by atoms with van der Waals surface area (Å²) in [5, 5.41) is 20.6. The van der Waals surface area contributed by atoms with Crippen molar-refractivity contribution in [3.8, 4) is 6.07 Å². The summed E-state index contributed by atoms with van der Waals surface area (Å²) in [6.07, 6.45) is 0.610. The second kappa shape index (κ2) is 3.85. The molecule has 4 heteroatoms. The Morgan fingerprint density at radius 2 is 2.58 bits per heavy atom. The minimum absolute atomic E-state index is 0.0517. The van der Waals surface area contributed by atoms with Crippen molar-refractivity contribution in [2.75, 3.05) is 19.8 Å². The zero-order valence-corrected chi connectivity index (χ0v) is 7.21. The Balaban J connectivity index is 2.57. The first-order chi connectivity index (χ1) is 5.75. The first-order valence-electron chi connectivity index (χ1n) is 4.14. The molecule has 0 bridgehead atoms. The molecular formula is C8H14N2O2. The molecule has 0 aromatic rings. The van der Waals surface area contributed by atoms with E-state index in [1.54, 1.807) is 0 Å². The van der Waals surface area contributed by atoms with E-state index < -0.39 is 5.54 Å². The molecule has 0 radical (unpaired) electrons. The molecule has 1 saturated heterocycles. The number of hydrogen-bond acceptors (Lipinski definition) is 4. The van der Waals surface area contributed by atoms with Gasteiger partial charge < -0.3 is 9.84 Å². The van der Waals surface area contributed by atoms with Crippen molar-refractivity contribution in [2.24, 2.45) is 0 Å². The fourth-order valence-corrected chi connectivity index (χ4v) is 1.44. The molecule has 2 atom stereocenters. The summed E-state index contributed by atoms with van der Waals surface area (Å²) < 4.78 is 5.29. The summed E-state index contributed by atoms with van der Waals surface area (Å²) in [7, 11) is 0. The molecule has 0 spiro atoms. The Morgan fingerprint density at radius 1 is 1.83 bits per heavy atom. The van der Waals surface area contributed by atoms with Crippen molar-refractivity contribution in [3.05, 3.63) is 0 Å². The van der Waals surface area contributed by atoms with Crippen LogP contribution in [0.2, 0.25) is 0 Å². The summed E-state index contributed by atoms with van der Waals surface area (Å²) in [5.41, 5.74) is -0.581. The maximum absolute atomic E-state index is 8.94. The van der Waals surface area contributed by atoms with Crippen molar-refractivity contribution in [2.45, 2.75) is 25.0 Å². The molecule has 1 aliphatic heterocycles. The van der Waals surface area contributed by atoms with Gasteiger partial charge in [0.15, 0.2) is 0 Å². The average Bonchev–Trinajstić information content (AvgIpc) is 2.45. The minimum Gasteiger partial charge on any atom is -0.395 e. The summed E-state index contributed by atoms with van der Waals surface area (Å²) in [4.78, 5) is 0. The van der Waals surface area contributed by atoms with E-state index in [0.29, 0.717) is 19.6 Å². The third-order valence-electron chi connectivity index (χ3n) is 2.31. The van der Waals surface area contributed by atoms with Crippen LogP contribution in [0.1, 0.15) is 13.3 Å². The van der Waals surface area contributed by atoms with E-state index in [0.717, 1.165) is 0 Å². The molecule has 1 rings (SSSR count). The molecule has 68 valence electrons. The molecule has 0 amide bonds. The summed E-state index contributed by atoms with van der Waals surface area (Å²) in [5.74, 6) is 0. The Morgan fingerprint density at radius 3 is 3.00 bits per heavy atom. The Bertz CT molecular complexity index is 190. The lowest BCUT2D eigenvalue weighted by molar-refractivity contribution is 0.0971. The molecule has 0 saturated carbocycles. The second-order valence-electron chi connectivity index (χ2n) is 3.00. The fraction of sp³-hybridized carbons (Fsp3) is 0.875.